The van der Waals surface area contributed by atoms with E-state index < -0.39 is 0 Å². The van der Waals surface area contributed by atoms with Crippen molar-refractivity contribution in [1.29, 1.82) is 0 Å². The van der Waals surface area contributed by atoms with Crippen molar-refractivity contribution < 1.29 is 0 Å². The van der Waals surface area contributed by atoms with Crippen molar-refractivity contribution in [2.24, 2.45) is 7.05 Å². The van der Waals surface area contributed by atoms with E-state index >= 15 is 0 Å². The summed E-state index contributed by atoms with van der Waals surface area (Å²) >= 11 is 8.85. The van der Waals surface area contributed by atoms with Crippen LogP contribution in [0.3, 0.4) is 0 Å². The summed E-state index contributed by atoms with van der Waals surface area (Å²) in [5, 5.41) is 10.0. The van der Waals surface area contributed by atoms with Crippen LogP contribution in [0.25, 0.3) is 0 Å². The molecule has 0 aliphatic rings. The van der Waals surface area contributed by atoms with Gasteiger partial charge in [0.15, 0.2) is 0 Å². The maximum Gasteiger partial charge on any atom is 0.0767 e. The van der Waals surface area contributed by atoms with Crippen LogP contribution in [0, 0.1) is 0 Å². The number of hydrogen-bond acceptors (Lipinski definition) is 3. The van der Waals surface area contributed by atoms with Crippen LogP contribution in [0.5, 0.6) is 0 Å². The minimum Gasteiger partial charge on any atom is -0.306 e. The van der Waals surface area contributed by atoms with Gasteiger partial charge < -0.3 is 5.32 Å². The van der Waals surface area contributed by atoms with E-state index in [1.165, 1.54) is 10.6 Å². The van der Waals surface area contributed by atoms with Gasteiger partial charge in [0.25, 0.3) is 0 Å². The number of aromatic nitrogens is 2. The molecule has 0 atom stereocenters. The summed E-state index contributed by atoms with van der Waals surface area (Å²) in [6.45, 7) is 3.82. The zero-order chi connectivity index (χ0) is 13.1. The predicted octanol–water partition coefficient (Wildman–Crippen LogP) is 3.86. The molecule has 2 aromatic heterocycles. The molecule has 0 fully saturated rings. The van der Waals surface area contributed by atoms with E-state index in [2.05, 4.69) is 60.6 Å². The molecule has 0 saturated heterocycles. The predicted molar refractivity (Wildman–Crippen MR) is 82.8 cm³/mol. The molecule has 6 heteroatoms. The Morgan fingerprint density at radius 1 is 1.39 bits per heavy atom. The molecule has 2 rings (SSSR count). The first-order chi connectivity index (χ1) is 8.61. The maximum absolute atomic E-state index is 4.48. The lowest BCUT2D eigenvalue weighted by Crippen LogP contribution is -2.14. The quantitative estimate of drug-likeness (QED) is 0.837. The van der Waals surface area contributed by atoms with Crippen molar-refractivity contribution >= 4 is 43.2 Å². The van der Waals surface area contributed by atoms with Crippen LogP contribution < -0.4 is 5.32 Å². The number of thiophene rings is 1. The number of hydrogen-bond donors (Lipinski definition) is 1. The van der Waals surface area contributed by atoms with Gasteiger partial charge in [0.05, 0.1) is 15.9 Å². The van der Waals surface area contributed by atoms with E-state index in [1.54, 1.807) is 11.3 Å². The topological polar surface area (TPSA) is 29.9 Å². The van der Waals surface area contributed by atoms with E-state index in [0.29, 0.717) is 0 Å². The molecule has 3 nitrogen and oxygen atoms in total. The average molecular weight is 393 g/mol. The highest BCUT2D eigenvalue weighted by Crippen LogP contribution is 2.22. The normalized spacial score (nSPS) is 11.1. The summed E-state index contributed by atoms with van der Waals surface area (Å²) in [5.74, 6) is 0. The molecule has 18 heavy (non-hydrogen) atoms. The van der Waals surface area contributed by atoms with E-state index in [0.717, 1.165) is 34.1 Å². The fraction of sp³-hybridized carbons (Fsp3) is 0.417. The number of halogens is 2. The molecular formula is C12H15Br2N3S. The largest absolute Gasteiger partial charge is 0.306 e. The van der Waals surface area contributed by atoms with Crippen LogP contribution in [0.15, 0.2) is 20.4 Å². The lowest BCUT2D eigenvalue weighted by Gasteiger charge is -2.04. The third-order valence-electron chi connectivity index (χ3n) is 2.72. The number of aryl methyl sites for hydroxylation is 2. The summed E-state index contributed by atoms with van der Waals surface area (Å²) in [6, 6.07) is 2.15. The fourth-order valence-electron chi connectivity index (χ4n) is 1.76. The first kappa shape index (κ1) is 14.2. The minimum atomic E-state index is 0.819. The third kappa shape index (κ3) is 3.23. The zero-order valence-corrected chi connectivity index (χ0v) is 14.3. The molecule has 0 amide bonds. The van der Waals surface area contributed by atoms with Crippen LogP contribution in [0.1, 0.15) is 23.2 Å². The van der Waals surface area contributed by atoms with Crippen molar-refractivity contribution in [1.82, 2.24) is 15.1 Å². The molecule has 0 spiro atoms. The van der Waals surface area contributed by atoms with E-state index in [4.69, 9.17) is 0 Å². The molecule has 0 unspecified atom stereocenters. The Labute approximate surface area is 128 Å². The van der Waals surface area contributed by atoms with Crippen LogP contribution in [0.2, 0.25) is 0 Å². The Hall–Kier alpha value is -0.170. The van der Waals surface area contributed by atoms with Gasteiger partial charge in [-0.1, -0.05) is 6.92 Å². The van der Waals surface area contributed by atoms with Gasteiger partial charge >= 0.3 is 0 Å². The first-order valence-electron chi connectivity index (χ1n) is 5.75. The Balaban J connectivity index is 1.96. The second-order valence-electron chi connectivity index (χ2n) is 4.02. The van der Waals surface area contributed by atoms with Gasteiger partial charge in [-0.05, 0) is 44.3 Å². The monoisotopic (exact) mass is 391 g/mol. The first-order valence-corrected chi connectivity index (χ1v) is 8.22. The molecule has 0 bridgehead atoms. The number of nitrogens with zero attached hydrogens (tertiary/aromatic N) is 2. The standard InChI is InChI=1S/C12H15Br2N3S/c1-3-10-12(14)11(17(2)16-10)6-15-5-9-4-8(13)7-18-9/h4,7,15H,3,5-6H2,1-2H3. The maximum atomic E-state index is 4.48. The molecule has 0 aliphatic heterocycles. The second-order valence-corrected chi connectivity index (χ2v) is 6.72. The van der Waals surface area contributed by atoms with E-state index in [1.807, 2.05) is 11.7 Å². The van der Waals surface area contributed by atoms with Crippen molar-refractivity contribution in [2.75, 3.05) is 0 Å². The lowest BCUT2D eigenvalue weighted by molar-refractivity contribution is 0.625. The molecular weight excluding hydrogens is 378 g/mol. The molecule has 0 saturated carbocycles. The van der Waals surface area contributed by atoms with Crippen molar-refractivity contribution in [3.63, 3.8) is 0 Å². The fourth-order valence-corrected chi connectivity index (χ4v) is 3.94. The van der Waals surface area contributed by atoms with E-state index in [9.17, 15) is 0 Å². The molecule has 0 aromatic carbocycles. The van der Waals surface area contributed by atoms with Crippen LogP contribution in [-0.4, -0.2) is 9.78 Å². The van der Waals surface area contributed by atoms with Gasteiger partial charge in [0.2, 0.25) is 0 Å². The smallest absolute Gasteiger partial charge is 0.0767 e. The van der Waals surface area contributed by atoms with Gasteiger partial charge in [-0.3, -0.25) is 4.68 Å². The molecule has 0 radical (unpaired) electrons. The highest BCUT2D eigenvalue weighted by Gasteiger charge is 2.11. The summed E-state index contributed by atoms with van der Waals surface area (Å²) in [4.78, 5) is 1.33. The van der Waals surface area contributed by atoms with Crippen molar-refractivity contribution in [3.8, 4) is 0 Å². The molecule has 0 aliphatic carbocycles. The Morgan fingerprint density at radius 3 is 2.72 bits per heavy atom. The van der Waals surface area contributed by atoms with E-state index in [-0.39, 0.29) is 0 Å². The van der Waals surface area contributed by atoms with Gasteiger partial charge in [0, 0.05) is 34.9 Å². The highest BCUT2D eigenvalue weighted by molar-refractivity contribution is 9.10. The van der Waals surface area contributed by atoms with Gasteiger partial charge in [-0.25, -0.2) is 0 Å². The summed E-state index contributed by atoms with van der Waals surface area (Å²) < 4.78 is 4.23. The van der Waals surface area contributed by atoms with Gasteiger partial charge in [-0.15, -0.1) is 11.3 Å². The highest BCUT2D eigenvalue weighted by atomic mass is 79.9. The molecule has 2 heterocycles. The summed E-state index contributed by atoms with van der Waals surface area (Å²) in [5.41, 5.74) is 2.32. The number of nitrogens with one attached hydrogen (secondary N) is 1. The third-order valence-corrected chi connectivity index (χ3v) is 5.33. The Morgan fingerprint density at radius 2 is 2.17 bits per heavy atom. The Bertz CT molecular complexity index is 533. The average Bonchev–Trinajstić information content (AvgIpc) is 2.86. The molecule has 2 aromatic rings. The van der Waals surface area contributed by atoms with Crippen molar-refractivity contribution in [3.05, 3.63) is 36.7 Å². The SMILES string of the molecule is CCc1nn(C)c(CNCc2cc(Br)cs2)c1Br. The van der Waals surface area contributed by atoms with Crippen molar-refractivity contribution in [2.45, 2.75) is 26.4 Å². The van der Waals surface area contributed by atoms with Gasteiger partial charge in [-0.2, -0.15) is 5.10 Å². The van der Waals surface area contributed by atoms with Gasteiger partial charge in [0.1, 0.15) is 0 Å². The molecule has 98 valence electrons. The summed E-state index contributed by atoms with van der Waals surface area (Å²) in [6.07, 6.45) is 0.951. The number of rotatable bonds is 5. The molecule has 1 N–H and O–H groups in total. The summed E-state index contributed by atoms with van der Waals surface area (Å²) in [7, 11) is 1.99. The van der Waals surface area contributed by atoms with Crippen LogP contribution in [0.4, 0.5) is 0 Å². The lowest BCUT2D eigenvalue weighted by atomic mass is 10.3. The van der Waals surface area contributed by atoms with Crippen LogP contribution in [-0.2, 0) is 26.6 Å². The second kappa shape index (κ2) is 6.32. The van der Waals surface area contributed by atoms with Crippen LogP contribution >= 0.6 is 43.2 Å². The Kier molecular flexibility index (Phi) is 5.00. The minimum absolute atomic E-state index is 0.819. The zero-order valence-electron chi connectivity index (χ0n) is 10.3.